The smallest absolute Gasteiger partial charge is 0.341 e. The van der Waals surface area contributed by atoms with Crippen molar-refractivity contribution >= 4 is 63.0 Å². The lowest BCUT2D eigenvalue weighted by Gasteiger charge is -2.09. The van der Waals surface area contributed by atoms with Crippen molar-refractivity contribution in [3.05, 3.63) is 74.1 Å². The van der Waals surface area contributed by atoms with Gasteiger partial charge in [-0.05, 0) is 55.3 Å². The highest BCUT2D eigenvalue weighted by atomic mass is 35.5. The summed E-state index contributed by atoms with van der Waals surface area (Å²) in [5.74, 6) is -1.34. The van der Waals surface area contributed by atoms with Gasteiger partial charge in [-0.3, -0.25) is 9.59 Å². The molecule has 3 aromatic rings. The van der Waals surface area contributed by atoms with Gasteiger partial charge in [0.15, 0.2) is 6.61 Å². The van der Waals surface area contributed by atoms with Crippen LogP contribution in [-0.4, -0.2) is 31.5 Å². The number of aryl methyl sites for hydroxylation is 1. The summed E-state index contributed by atoms with van der Waals surface area (Å²) in [6.45, 7) is 3.16. The van der Waals surface area contributed by atoms with Crippen molar-refractivity contribution in [1.82, 2.24) is 0 Å². The van der Waals surface area contributed by atoms with Gasteiger partial charge in [-0.25, -0.2) is 4.79 Å². The molecule has 1 aromatic heterocycles. The number of hydrogen-bond acceptors (Lipinski definition) is 6. The van der Waals surface area contributed by atoms with Crippen LogP contribution in [0.15, 0.2) is 42.5 Å². The lowest BCUT2D eigenvalue weighted by Crippen LogP contribution is -2.21. The molecular weight excluding hydrogens is 487 g/mol. The molecule has 33 heavy (non-hydrogen) atoms. The summed E-state index contributed by atoms with van der Waals surface area (Å²) in [4.78, 5) is 38.0. The highest BCUT2D eigenvalue weighted by molar-refractivity contribution is 7.19. The molecule has 2 aromatic carbocycles. The van der Waals surface area contributed by atoms with Gasteiger partial charge in [0.25, 0.3) is 11.8 Å². The zero-order valence-electron chi connectivity index (χ0n) is 18.0. The minimum atomic E-state index is -0.671. The van der Waals surface area contributed by atoms with Crippen LogP contribution in [0.1, 0.15) is 31.2 Å². The molecule has 0 radical (unpaired) electrons. The average Bonchev–Trinajstić information content (AvgIpc) is 3.08. The number of carbonyl (C=O) groups excluding carboxylic acids is 3. The Kier molecular flexibility index (Phi) is 7.97. The fraction of sp³-hybridized carbons (Fsp3) is 0.174. The van der Waals surface area contributed by atoms with Crippen LogP contribution in [0.4, 0.5) is 10.7 Å². The Morgan fingerprint density at radius 3 is 2.45 bits per heavy atom. The first-order chi connectivity index (χ1) is 15.7. The summed E-state index contributed by atoms with van der Waals surface area (Å²) >= 11 is 12.9. The van der Waals surface area contributed by atoms with Crippen LogP contribution in [0, 0.1) is 13.8 Å². The van der Waals surface area contributed by atoms with E-state index in [1.54, 1.807) is 25.1 Å². The van der Waals surface area contributed by atoms with E-state index >= 15 is 0 Å². The van der Waals surface area contributed by atoms with E-state index in [0.717, 1.165) is 16.9 Å². The monoisotopic (exact) mass is 506 g/mol. The van der Waals surface area contributed by atoms with Gasteiger partial charge >= 0.3 is 5.97 Å². The average molecular weight is 507 g/mol. The van der Waals surface area contributed by atoms with E-state index in [9.17, 15) is 14.4 Å². The number of esters is 1. The molecule has 10 heteroatoms. The molecule has 2 amide bonds. The molecule has 0 unspecified atom stereocenters. The normalized spacial score (nSPS) is 10.5. The maximum Gasteiger partial charge on any atom is 0.341 e. The number of rotatable bonds is 7. The molecule has 2 N–H and O–H groups in total. The molecule has 0 atom stereocenters. The summed E-state index contributed by atoms with van der Waals surface area (Å²) in [5.41, 5.74) is 2.11. The standard InChI is InChI=1S/C23H20Cl2N2O5S/c1-12-5-4-6-15(9-12)26-21(29)20-13(2)19(23(30)31-3)22(33-20)27-18(28)11-32-17-8-7-14(24)10-16(17)25/h4-10H,11H2,1-3H3,(H,26,29)(H,27,28). The molecule has 1 heterocycles. The number of ether oxygens (including phenoxy) is 2. The maximum absolute atomic E-state index is 12.9. The predicted molar refractivity (Wildman–Crippen MR) is 130 cm³/mol. The summed E-state index contributed by atoms with van der Waals surface area (Å²) in [6.07, 6.45) is 0. The molecule has 0 aliphatic rings. The number of thiophene rings is 1. The molecule has 0 aliphatic carbocycles. The second kappa shape index (κ2) is 10.7. The molecule has 0 fully saturated rings. The number of methoxy groups -OCH3 is 1. The first-order valence-corrected chi connectivity index (χ1v) is 11.2. The van der Waals surface area contributed by atoms with Gasteiger partial charge in [-0.2, -0.15) is 0 Å². The van der Waals surface area contributed by atoms with Crippen LogP contribution < -0.4 is 15.4 Å². The van der Waals surface area contributed by atoms with E-state index < -0.39 is 17.8 Å². The van der Waals surface area contributed by atoms with Crippen molar-refractivity contribution in [3.8, 4) is 5.75 Å². The first-order valence-electron chi connectivity index (χ1n) is 9.67. The molecule has 7 nitrogen and oxygen atoms in total. The third-order valence-corrected chi connectivity index (χ3v) is 6.26. The van der Waals surface area contributed by atoms with Gasteiger partial charge in [0.2, 0.25) is 0 Å². The summed E-state index contributed by atoms with van der Waals surface area (Å²) in [6, 6.07) is 11.9. The van der Waals surface area contributed by atoms with Gasteiger partial charge in [-0.15, -0.1) is 11.3 Å². The highest BCUT2D eigenvalue weighted by Crippen LogP contribution is 2.34. The molecule has 0 spiro atoms. The largest absolute Gasteiger partial charge is 0.482 e. The molecule has 0 saturated carbocycles. The van der Waals surface area contributed by atoms with Crippen LogP contribution in [0.3, 0.4) is 0 Å². The van der Waals surface area contributed by atoms with Crippen molar-refractivity contribution in [3.63, 3.8) is 0 Å². The number of anilines is 2. The zero-order valence-corrected chi connectivity index (χ0v) is 20.3. The Morgan fingerprint density at radius 2 is 1.79 bits per heavy atom. The molecule has 0 aliphatic heterocycles. The van der Waals surface area contributed by atoms with Gasteiger partial charge in [0.1, 0.15) is 10.8 Å². The van der Waals surface area contributed by atoms with Crippen LogP contribution in [0.2, 0.25) is 10.0 Å². The third-order valence-electron chi connectivity index (χ3n) is 4.52. The van der Waals surface area contributed by atoms with E-state index in [2.05, 4.69) is 10.6 Å². The minimum absolute atomic E-state index is 0.106. The van der Waals surface area contributed by atoms with Crippen molar-refractivity contribution in [2.45, 2.75) is 13.8 Å². The Bertz CT molecular complexity index is 1230. The van der Waals surface area contributed by atoms with E-state index in [0.29, 0.717) is 16.3 Å². The maximum atomic E-state index is 12.9. The predicted octanol–water partition coefficient (Wildman–Crippen LogP) is 5.73. The van der Waals surface area contributed by atoms with Gasteiger partial charge in [-0.1, -0.05) is 35.3 Å². The van der Waals surface area contributed by atoms with E-state index in [-0.39, 0.29) is 32.8 Å². The fourth-order valence-electron chi connectivity index (χ4n) is 2.97. The highest BCUT2D eigenvalue weighted by Gasteiger charge is 2.26. The minimum Gasteiger partial charge on any atom is -0.482 e. The number of benzene rings is 2. The van der Waals surface area contributed by atoms with Gasteiger partial charge < -0.3 is 20.1 Å². The van der Waals surface area contributed by atoms with Crippen molar-refractivity contribution in [1.29, 1.82) is 0 Å². The molecule has 0 saturated heterocycles. The van der Waals surface area contributed by atoms with Gasteiger partial charge in [0, 0.05) is 10.7 Å². The van der Waals surface area contributed by atoms with Crippen LogP contribution >= 0.6 is 34.5 Å². The second-order valence-electron chi connectivity index (χ2n) is 6.99. The quantitative estimate of drug-likeness (QED) is 0.399. The number of carbonyl (C=O) groups is 3. The Hall–Kier alpha value is -3.07. The Balaban J connectivity index is 1.79. The zero-order chi connectivity index (χ0) is 24.1. The van der Waals surface area contributed by atoms with Crippen LogP contribution in [0.5, 0.6) is 5.75 Å². The van der Waals surface area contributed by atoms with Crippen LogP contribution in [-0.2, 0) is 9.53 Å². The van der Waals surface area contributed by atoms with E-state index in [1.807, 2.05) is 25.1 Å². The summed E-state index contributed by atoms with van der Waals surface area (Å²) in [7, 11) is 1.23. The Morgan fingerprint density at radius 1 is 1.03 bits per heavy atom. The molecule has 3 rings (SSSR count). The fourth-order valence-corrected chi connectivity index (χ4v) is 4.54. The van der Waals surface area contributed by atoms with Crippen LogP contribution in [0.25, 0.3) is 0 Å². The summed E-state index contributed by atoms with van der Waals surface area (Å²) in [5, 5.41) is 6.30. The summed E-state index contributed by atoms with van der Waals surface area (Å²) < 4.78 is 10.3. The number of hydrogen-bond donors (Lipinski definition) is 2. The van der Waals surface area contributed by atoms with E-state index in [4.69, 9.17) is 32.7 Å². The number of halogens is 2. The topological polar surface area (TPSA) is 93.7 Å². The number of amides is 2. The molecule has 0 bridgehead atoms. The number of nitrogens with one attached hydrogen (secondary N) is 2. The van der Waals surface area contributed by atoms with Crippen molar-refractivity contribution in [2.24, 2.45) is 0 Å². The molecule has 172 valence electrons. The Labute approximate surface area is 204 Å². The van der Waals surface area contributed by atoms with Crippen molar-refractivity contribution in [2.75, 3.05) is 24.4 Å². The van der Waals surface area contributed by atoms with Gasteiger partial charge in [0.05, 0.1) is 22.6 Å². The second-order valence-corrected chi connectivity index (χ2v) is 8.85. The SMILES string of the molecule is COC(=O)c1c(NC(=O)COc2ccc(Cl)cc2Cl)sc(C(=O)Nc2cccc(C)c2)c1C. The molecular formula is C23H20Cl2N2O5S. The third kappa shape index (κ3) is 6.04. The lowest BCUT2D eigenvalue weighted by molar-refractivity contribution is -0.118. The van der Waals surface area contributed by atoms with Crippen molar-refractivity contribution < 1.29 is 23.9 Å². The lowest BCUT2D eigenvalue weighted by atomic mass is 10.1. The van der Waals surface area contributed by atoms with E-state index in [1.165, 1.54) is 13.2 Å². The first kappa shape index (κ1) is 24.6.